The number of amides is 1. The molecular formula is C14H20ClNO3. The molecule has 0 spiro atoms. The maximum absolute atomic E-state index is 11.7. The number of nitrogens with one attached hydrogen (secondary N) is 1. The molecule has 1 aromatic rings. The van der Waals surface area contributed by atoms with E-state index < -0.39 is 0 Å². The molecule has 1 amide bonds. The van der Waals surface area contributed by atoms with Gasteiger partial charge in [0.15, 0.2) is 6.61 Å². The highest BCUT2D eigenvalue weighted by atomic mass is 35.5. The first-order chi connectivity index (χ1) is 8.95. The number of rotatable bonds is 6. The number of aliphatic hydroxyl groups is 1. The van der Waals surface area contributed by atoms with Crippen LogP contribution in [0.15, 0.2) is 18.2 Å². The van der Waals surface area contributed by atoms with Gasteiger partial charge in [-0.05, 0) is 18.9 Å². The average Bonchev–Trinajstić information content (AvgIpc) is 2.36. The van der Waals surface area contributed by atoms with Crippen molar-refractivity contribution in [2.24, 2.45) is 5.92 Å². The van der Waals surface area contributed by atoms with E-state index in [1.54, 1.807) is 18.2 Å². The molecule has 1 unspecified atom stereocenters. The Bertz CT molecular complexity index is 435. The fraction of sp³-hybridized carbons (Fsp3) is 0.500. The summed E-state index contributed by atoms with van der Waals surface area (Å²) in [6.07, 6.45) is 0. The summed E-state index contributed by atoms with van der Waals surface area (Å²) in [5, 5.41) is 12.4. The molecule has 2 N–H and O–H groups in total. The molecule has 1 aromatic carbocycles. The molecule has 4 nitrogen and oxygen atoms in total. The summed E-state index contributed by atoms with van der Waals surface area (Å²) in [6.45, 7) is 5.71. The van der Waals surface area contributed by atoms with Crippen molar-refractivity contribution >= 4 is 17.5 Å². The highest BCUT2D eigenvalue weighted by Gasteiger charge is 2.13. The third-order valence-electron chi connectivity index (χ3n) is 2.96. The zero-order chi connectivity index (χ0) is 14.4. The van der Waals surface area contributed by atoms with Crippen LogP contribution < -0.4 is 10.1 Å². The van der Waals surface area contributed by atoms with E-state index in [2.05, 4.69) is 5.32 Å². The lowest BCUT2D eigenvalue weighted by Gasteiger charge is -2.18. The molecule has 0 aromatic heterocycles. The van der Waals surface area contributed by atoms with E-state index in [9.17, 15) is 9.90 Å². The Balaban J connectivity index is 2.60. The topological polar surface area (TPSA) is 58.6 Å². The Morgan fingerprint density at radius 2 is 2.11 bits per heavy atom. The number of aliphatic hydroxyl groups excluding tert-OH is 1. The number of halogens is 1. The molecule has 0 saturated heterocycles. The van der Waals surface area contributed by atoms with Crippen molar-refractivity contribution in [3.63, 3.8) is 0 Å². The predicted octanol–water partition coefficient (Wildman–Crippen LogP) is 2.37. The lowest BCUT2D eigenvalue weighted by atomic mass is 10.1. The molecule has 19 heavy (non-hydrogen) atoms. The van der Waals surface area contributed by atoms with E-state index in [1.165, 1.54) is 0 Å². The van der Waals surface area contributed by atoms with Gasteiger partial charge in [0.1, 0.15) is 5.75 Å². The maximum Gasteiger partial charge on any atom is 0.258 e. The van der Waals surface area contributed by atoms with Crippen molar-refractivity contribution in [3.8, 4) is 5.75 Å². The van der Waals surface area contributed by atoms with Crippen LogP contribution in [0.3, 0.4) is 0 Å². The van der Waals surface area contributed by atoms with Crippen LogP contribution in [-0.4, -0.2) is 23.7 Å². The Hall–Kier alpha value is -1.26. The highest BCUT2D eigenvalue weighted by molar-refractivity contribution is 6.32. The normalized spacial score (nSPS) is 12.3. The van der Waals surface area contributed by atoms with Crippen LogP contribution in [0.4, 0.5) is 0 Å². The number of benzene rings is 1. The largest absolute Gasteiger partial charge is 0.482 e. The highest BCUT2D eigenvalue weighted by Crippen LogP contribution is 2.28. The number of carbonyl (C=O) groups excluding carboxylic acids is 1. The van der Waals surface area contributed by atoms with E-state index >= 15 is 0 Å². The van der Waals surface area contributed by atoms with Crippen LogP contribution in [0.25, 0.3) is 0 Å². The Labute approximate surface area is 118 Å². The molecular weight excluding hydrogens is 266 g/mol. The van der Waals surface area contributed by atoms with Gasteiger partial charge in [0, 0.05) is 11.6 Å². The van der Waals surface area contributed by atoms with Crippen LogP contribution in [0.1, 0.15) is 26.3 Å². The molecule has 0 saturated carbocycles. The smallest absolute Gasteiger partial charge is 0.258 e. The van der Waals surface area contributed by atoms with Gasteiger partial charge in [-0.2, -0.15) is 0 Å². The van der Waals surface area contributed by atoms with Crippen LogP contribution in [0.2, 0.25) is 5.02 Å². The third-order valence-corrected chi connectivity index (χ3v) is 3.25. The van der Waals surface area contributed by atoms with Crippen LogP contribution in [0.5, 0.6) is 5.75 Å². The molecule has 0 aliphatic carbocycles. The molecule has 0 bridgehead atoms. The Kier molecular flexibility index (Phi) is 6.12. The number of carbonyl (C=O) groups is 1. The first-order valence-corrected chi connectivity index (χ1v) is 6.64. The summed E-state index contributed by atoms with van der Waals surface area (Å²) in [5.74, 6) is 0.515. The molecule has 0 fully saturated rings. The van der Waals surface area contributed by atoms with Crippen molar-refractivity contribution in [1.29, 1.82) is 0 Å². The summed E-state index contributed by atoms with van der Waals surface area (Å²) in [5.41, 5.74) is 0.567. The van der Waals surface area contributed by atoms with Crippen LogP contribution in [-0.2, 0) is 11.4 Å². The molecule has 1 rings (SSSR count). The summed E-state index contributed by atoms with van der Waals surface area (Å²) in [4.78, 5) is 11.7. The zero-order valence-electron chi connectivity index (χ0n) is 11.4. The second kappa shape index (κ2) is 7.36. The standard InChI is InChI=1S/C14H20ClNO3/c1-9(2)10(3)16-13(18)8-19-14-11(7-17)5-4-6-12(14)15/h4-6,9-10,17H,7-8H2,1-3H3,(H,16,18). The molecule has 0 aliphatic heterocycles. The number of para-hydroxylation sites is 1. The van der Waals surface area contributed by atoms with Gasteiger partial charge in [0.2, 0.25) is 0 Å². The van der Waals surface area contributed by atoms with Gasteiger partial charge in [0.25, 0.3) is 5.91 Å². The molecule has 106 valence electrons. The molecule has 1 atom stereocenters. The van der Waals surface area contributed by atoms with Gasteiger partial charge >= 0.3 is 0 Å². The lowest BCUT2D eigenvalue weighted by Crippen LogP contribution is -2.39. The van der Waals surface area contributed by atoms with Crippen LogP contribution >= 0.6 is 11.6 Å². The predicted molar refractivity (Wildman–Crippen MR) is 75.3 cm³/mol. The third kappa shape index (κ3) is 4.73. The van der Waals surface area contributed by atoms with Gasteiger partial charge < -0.3 is 15.2 Å². The van der Waals surface area contributed by atoms with Gasteiger partial charge in [0.05, 0.1) is 11.6 Å². The van der Waals surface area contributed by atoms with E-state index in [4.69, 9.17) is 16.3 Å². The van der Waals surface area contributed by atoms with Crippen molar-refractivity contribution in [3.05, 3.63) is 28.8 Å². The van der Waals surface area contributed by atoms with E-state index in [1.807, 2.05) is 20.8 Å². The SMILES string of the molecule is CC(C)C(C)NC(=O)COc1c(Cl)cccc1CO. The average molecular weight is 286 g/mol. The molecule has 0 radical (unpaired) electrons. The van der Waals surface area contributed by atoms with Gasteiger partial charge in [-0.3, -0.25) is 4.79 Å². The quantitative estimate of drug-likeness (QED) is 0.844. The fourth-order valence-corrected chi connectivity index (χ4v) is 1.69. The van der Waals surface area contributed by atoms with E-state index in [0.717, 1.165) is 0 Å². The first kappa shape index (κ1) is 15.8. The van der Waals surface area contributed by atoms with Crippen molar-refractivity contribution < 1.29 is 14.6 Å². The zero-order valence-corrected chi connectivity index (χ0v) is 12.2. The van der Waals surface area contributed by atoms with Crippen molar-refractivity contribution in [2.75, 3.05) is 6.61 Å². The Morgan fingerprint density at radius 1 is 1.42 bits per heavy atom. The number of hydrogen-bond donors (Lipinski definition) is 2. The minimum Gasteiger partial charge on any atom is -0.482 e. The second-order valence-corrected chi connectivity index (χ2v) is 5.18. The minimum atomic E-state index is -0.204. The van der Waals surface area contributed by atoms with E-state index in [-0.39, 0.29) is 25.2 Å². The van der Waals surface area contributed by atoms with E-state index in [0.29, 0.717) is 22.3 Å². The maximum atomic E-state index is 11.7. The molecule has 0 aliphatic rings. The molecule has 5 heteroatoms. The number of ether oxygens (including phenoxy) is 1. The van der Waals surface area contributed by atoms with Gasteiger partial charge in [-0.25, -0.2) is 0 Å². The minimum absolute atomic E-state index is 0.0830. The number of hydrogen-bond acceptors (Lipinski definition) is 3. The van der Waals surface area contributed by atoms with Crippen molar-refractivity contribution in [2.45, 2.75) is 33.4 Å². The summed E-state index contributed by atoms with van der Waals surface area (Å²) >= 11 is 5.98. The van der Waals surface area contributed by atoms with Crippen LogP contribution in [0, 0.1) is 5.92 Å². The summed E-state index contributed by atoms with van der Waals surface area (Å²) < 4.78 is 5.40. The lowest BCUT2D eigenvalue weighted by molar-refractivity contribution is -0.124. The summed E-state index contributed by atoms with van der Waals surface area (Å²) in [7, 11) is 0. The Morgan fingerprint density at radius 3 is 2.68 bits per heavy atom. The monoisotopic (exact) mass is 285 g/mol. The van der Waals surface area contributed by atoms with Crippen molar-refractivity contribution in [1.82, 2.24) is 5.32 Å². The fourth-order valence-electron chi connectivity index (χ4n) is 1.44. The second-order valence-electron chi connectivity index (χ2n) is 4.78. The summed E-state index contributed by atoms with van der Waals surface area (Å²) in [6, 6.07) is 5.17. The molecule has 0 heterocycles. The van der Waals surface area contributed by atoms with Gasteiger partial charge in [-0.15, -0.1) is 0 Å². The first-order valence-electron chi connectivity index (χ1n) is 6.26. The van der Waals surface area contributed by atoms with Gasteiger partial charge in [-0.1, -0.05) is 37.6 Å².